The Labute approximate surface area is 133 Å². The van der Waals surface area contributed by atoms with Crippen LogP contribution >= 0.6 is 11.3 Å². The average molecular weight is 308 g/mol. The first kappa shape index (κ1) is 14.5. The van der Waals surface area contributed by atoms with Crippen molar-refractivity contribution in [1.29, 1.82) is 5.26 Å². The minimum Gasteiger partial charge on any atom is -0.281 e. The van der Waals surface area contributed by atoms with Crippen LogP contribution in [0, 0.1) is 11.3 Å². The van der Waals surface area contributed by atoms with Gasteiger partial charge >= 0.3 is 0 Å². The van der Waals surface area contributed by atoms with Crippen LogP contribution in [-0.4, -0.2) is 15.2 Å². The Morgan fingerprint density at radius 2 is 2.09 bits per heavy atom. The summed E-state index contributed by atoms with van der Waals surface area (Å²) in [7, 11) is 0. The third kappa shape index (κ3) is 2.66. The van der Waals surface area contributed by atoms with E-state index in [1.54, 1.807) is 6.20 Å². The second kappa shape index (κ2) is 5.39. The number of aromatic nitrogens is 3. The van der Waals surface area contributed by atoms with Gasteiger partial charge in [0.25, 0.3) is 0 Å². The Bertz CT molecular complexity index is 854. The second-order valence-electron chi connectivity index (χ2n) is 6.11. The number of fused-ring (bicyclic) bond motifs is 1. The van der Waals surface area contributed by atoms with Gasteiger partial charge in [-0.3, -0.25) is 5.10 Å². The Kier molecular flexibility index (Phi) is 3.55. The van der Waals surface area contributed by atoms with E-state index in [1.165, 1.54) is 11.3 Å². The molecular weight excluding hydrogens is 292 g/mol. The van der Waals surface area contributed by atoms with Gasteiger partial charge in [-0.15, -0.1) is 11.3 Å². The van der Waals surface area contributed by atoms with E-state index in [0.29, 0.717) is 5.57 Å². The van der Waals surface area contributed by atoms with Crippen molar-refractivity contribution in [3.8, 4) is 6.07 Å². The van der Waals surface area contributed by atoms with E-state index in [-0.39, 0.29) is 5.41 Å². The average Bonchev–Trinajstić information content (AvgIpc) is 3.10. The van der Waals surface area contributed by atoms with Crippen LogP contribution in [0.15, 0.2) is 30.5 Å². The van der Waals surface area contributed by atoms with Crippen molar-refractivity contribution in [1.82, 2.24) is 15.2 Å². The number of rotatable bonds is 2. The lowest BCUT2D eigenvalue weighted by Gasteiger charge is -2.17. The summed E-state index contributed by atoms with van der Waals surface area (Å²) in [5.41, 5.74) is 3.38. The molecule has 3 aromatic rings. The molecule has 3 rings (SSSR count). The molecule has 4 nitrogen and oxygen atoms in total. The van der Waals surface area contributed by atoms with Gasteiger partial charge in [-0.05, 0) is 18.2 Å². The summed E-state index contributed by atoms with van der Waals surface area (Å²) in [5, 5.41) is 17.4. The van der Waals surface area contributed by atoms with Crippen LogP contribution in [0.5, 0.6) is 0 Å². The van der Waals surface area contributed by atoms with Crippen LogP contribution in [0.2, 0.25) is 0 Å². The van der Waals surface area contributed by atoms with Gasteiger partial charge in [0.15, 0.2) is 0 Å². The van der Waals surface area contributed by atoms with Crippen molar-refractivity contribution < 1.29 is 0 Å². The molecule has 110 valence electrons. The van der Waals surface area contributed by atoms with Crippen molar-refractivity contribution in [3.63, 3.8) is 0 Å². The standard InChI is InChI=1S/C17H16N4S/c1-17(2,3)15-12(10-19-21-15)8-11(9-18)16-20-13-6-4-5-7-14(13)22-16/h4-8,10H,1-3H3,(H,19,21)/b11-8-. The van der Waals surface area contributed by atoms with Gasteiger partial charge in [-0.1, -0.05) is 32.9 Å². The first-order valence-electron chi connectivity index (χ1n) is 7.00. The summed E-state index contributed by atoms with van der Waals surface area (Å²) >= 11 is 1.53. The van der Waals surface area contributed by atoms with Crippen molar-refractivity contribution >= 4 is 33.2 Å². The fourth-order valence-corrected chi connectivity index (χ4v) is 3.22. The molecule has 0 saturated carbocycles. The highest BCUT2D eigenvalue weighted by molar-refractivity contribution is 7.19. The van der Waals surface area contributed by atoms with Gasteiger partial charge in [-0.25, -0.2) is 4.98 Å². The van der Waals surface area contributed by atoms with E-state index >= 15 is 0 Å². The maximum Gasteiger partial charge on any atom is 0.135 e. The first-order chi connectivity index (χ1) is 10.5. The molecule has 0 bridgehead atoms. The second-order valence-corrected chi connectivity index (χ2v) is 7.14. The molecule has 0 aliphatic rings. The summed E-state index contributed by atoms with van der Waals surface area (Å²) in [6.45, 7) is 6.34. The maximum atomic E-state index is 9.51. The maximum absolute atomic E-state index is 9.51. The summed E-state index contributed by atoms with van der Waals surface area (Å²) in [5.74, 6) is 0. The highest BCUT2D eigenvalue weighted by Gasteiger charge is 2.20. The highest BCUT2D eigenvalue weighted by atomic mass is 32.1. The number of hydrogen-bond donors (Lipinski definition) is 1. The van der Waals surface area contributed by atoms with Crippen molar-refractivity contribution in [3.05, 3.63) is 46.7 Å². The molecule has 22 heavy (non-hydrogen) atoms. The Balaban J connectivity index is 2.08. The van der Waals surface area contributed by atoms with Crippen molar-refractivity contribution in [2.24, 2.45) is 0 Å². The van der Waals surface area contributed by atoms with E-state index in [0.717, 1.165) is 26.5 Å². The number of aromatic amines is 1. The molecule has 0 unspecified atom stereocenters. The van der Waals surface area contributed by atoms with Crippen molar-refractivity contribution in [2.75, 3.05) is 0 Å². The Morgan fingerprint density at radius 1 is 1.32 bits per heavy atom. The molecule has 0 aliphatic heterocycles. The SMILES string of the molecule is CC(C)(C)c1[nH]ncc1/C=C(/C#N)c1nc2ccccc2s1. The lowest BCUT2D eigenvalue weighted by atomic mass is 9.89. The van der Waals surface area contributed by atoms with Gasteiger partial charge in [0.05, 0.1) is 22.0 Å². The van der Waals surface area contributed by atoms with E-state index in [4.69, 9.17) is 0 Å². The van der Waals surface area contributed by atoms with E-state index in [1.807, 2.05) is 30.3 Å². The number of nitrogens with one attached hydrogen (secondary N) is 1. The first-order valence-corrected chi connectivity index (χ1v) is 7.82. The molecule has 2 aromatic heterocycles. The van der Waals surface area contributed by atoms with Crippen LogP contribution in [0.3, 0.4) is 0 Å². The molecule has 5 heteroatoms. The zero-order chi connectivity index (χ0) is 15.7. The summed E-state index contributed by atoms with van der Waals surface area (Å²) in [6.07, 6.45) is 3.62. The molecule has 0 spiro atoms. The van der Waals surface area contributed by atoms with Gasteiger partial charge in [-0.2, -0.15) is 10.4 Å². The molecule has 0 radical (unpaired) electrons. The molecule has 0 fully saturated rings. The van der Waals surface area contributed by atoms with Crippen molar-refractivity contribution in [2.45, 2.75) is 26.2 Å². The summed E-state index contributed by atoms with van der Waals surface area (Å²) in [6, 6.07) is 10.2. The molecule has 1 N–H and O–H groups in total. The summed E-state index contributed by atoms with van der Waals surface area (Å²) in [4.78, 5) is 4.55. The van der Waals surface area contributed by atoms with Gasteiger partial charge in [0.2, 0.25) is 0 Å². The number of nitrogens with zero attached hydrogens (tertiary/aromatic N) is 3. The molecule has 0 amide bonds. The van der Waals surface area contributed by atoms with Crippen LogP contribution in [0.4, 0.5) is 0 Å². The monoisotopic (exact) mass is 308 g/mol. The topological polar surface area (TPSA) is 65.4 Å². The van der Waals surface area contributed by atoms with Crippen LogP contribution in [0.25, 0.3) is 21.9 Å². The lowest BCUT2D eigenvalue weighted by molar-refractivity contribution is 0.566. The fourth-order valence-electron chi connectivity index (χ4n) is 2.29. The minimum atomic E-state index is -0.0590. The summed E-state index contributed by atoms with van der Waals surface area (Å²) < 4.78 is 1.09. The number of hydrogen-bond acceptors (Lipinski definition) is 4. The molecular formula is C17H16N4S. The van der Waals surface area contributed by atoms with Gasteiger partial charge < -0.3 is 0 Å². The zero-order valence-electron chi connectivity index (χ0n) is 12.7. The van der Waals surface area contributed by atoms with Gasteiger partial charge in [0, 0.05) is 16.7 Å². The quantitative estimate of drug-likeness (QED) is 0.714. The molecule has 2 heterocycles. The number of para-hydroxylation sites is 1. The zero-order valence-corrected chi connectivity index (χ0v) is 13.5. The fraction of sp³-hybridized carbons (Fsp3) is 0.235. The predicted molar refractivity (Wildman–Crippen MR) is 90.4 cm³/mol. The Morgan fingerprint density at radius 3 is 2.77 bits per heavy atom. The molecule has 0 atom stereocenters. The van der Waals surface area contributed by atoms with Gasteiger partial charge in [0.1, 0.15) is 11.1 Å². The molecule has 0 aliphatic carbocycles. The Hall–Kier alpha value is -2.45. The lowest BCUT2D eigenvalue weighted by Crippen LogP contribution is -2.13. The van der Waals surface area contributed by atoms with Crippen LogP contribution < -0.4 is 0 Å². The molecule has 0 saturated heterocycles. The number of H-pyrrole nitrogens is 1. The number of benzene rings is 1. The van der Waals surface area contributed by atoms with Crippen LogP contribution in [-0.2, 0) is 5.41 Å². The number of thiazole rings is 1. The minimum absolute atomic E-state index is 0.0590. The smallest absolute Gasteiger partial charge is 0.135 e. The highest BCUT2D eigenvalue weighted by Crippen LogP contribution is 2.30. The van der Waals surface area contributed by atoms with E-state index in [2.05, 4.69) is 42.0 Å². The largest absolute Gasteiger partial charge is 0.281 e. The molecule has 1 aromatic carbocycles. The normalized spacial score (nSPS) is 12.5. The van der Waals surface area contributed by atoms with E-state index in [9.17, 15) is 5.26 Å². The van der Waals surface area contributed by atoms with Crippen LogP contribution in [0.1, 0.15) is 37.0 Å². The number of nitriles is 1. The third-order valence-electron chi connectivity index (χ3n) is 3.36. The van der Waals surface area contributed by atoms with E-state index < -0.39 is 0 Å². The number of allylic oxidation sites excluding steroid dienone is 1. The third-order valence-corrected chi connectivity index (χ3v) is 4.43. The predicted octanol–water partition coefficient (Wildman–Crippen LogP) is 4.38.